The maximum atomic E-state index is 8.68. The van der Waals surface area contributed by atoms with Crippen LogP contribution in [-0.4, -0.2) is 4.98 Å². The van der Waals surface area contributed by atoms with E-state index in [0.29, 0.717) is 17.0 Å². The standard InChI is InChI=1S/C27H23NS/c1-18(2)21-8-10-23-24-16-22(9-11-26(24)29-27(23)17-21)25-15-20(12-13-28-25)14-19-6-4-3-5-7-19/h3-13,15-18H,14H2,1-2H3/i14D2. The molecule has 5 aromatic rings. The largest absolute Gasteiger partial charge is 0.256 e. The molecule has 0 unspecified atom stereocenters. The van der Waals surface area contributed by atoms with E-state index < -0.39 is 6.37 Å². The molecule has 0 fully saturated rings. The first-order valence-corrected chi connectivity index (χ1v) is 10.7. The Morgan fingerprint density at radius 3 is 2.52 bits per heavy atom. The molecule has 0 aliphatic heterocycles. The van der Waals surface area contributed by atoms with Crippen LogP contribution >= 0.6 is 11.3 Å². The van der Waals surface area contributed by atoms with Gasteiger partial charge in [0.15, 0.2) is 0 Å². The average Bonchev–Trinajstić information content (AvgIpc) is 3.16. The topological polar surface area (TPSA) is 12.9 Å². The van der Waals surface area contributed by atoms with Crippen molar-refractivity contribution in [2.24, 2.45) is 0 Å². The summed E-state index contributed by atoms with van der Waals surface area (Å²) >= 11 is 1.82. The van der Waals surface area contributed by atoms with E-state index in [1.165, 1.54) is 25.7 Å². The number of benzene rings is 3. The van der Waals surface area contributed by atoms with Crippen molar-refractivity contribution in [3.05, 3.63) is 102 Å². The highest BCUT2D eigenvalue weighted by molar-refractivity contribution is 7.25. The van der Waals surface area contributed by atoms with E-state index in [-0.39, 0.29) is 0 Å². The van der Waals surface area contributed by atoms with Crippen molar-refractivity contribution < 1.29 is 2.74 Å². The lowest BCUT2D eigenvalue weighted by Gasteiger charge is -2.06. The van der Waals surface area contributed by atoms with Crippen LogP contribution in [0.15, 0.2) is 85.1 Å². The van der Waals surface area contributed by atoms with Gasteiger partial charge in [-0.2, -0.15) is 0 Å². The maximum absolute atomic E-state index is 8.68. The highest BCUT2D eigenvalue weighted by Crippen LogP contribution is 2.37. The molecule has 0 atom stereocenters. The highest BCUT2D eigenvalue weighted by atomic mass is 32.1. The third-order valence-electron chi connectivity index (χ3n) is 5.28. The van der Waals surface area contributed by atoms with Gasteiger partial charge in [0, 0.05) is 34.7 Å². The molecule has 1 nitrogen and oxygen atoms in total. The van der Waals surface area contributed by atoms with Crippen molar-refractivity contribution >= 4 is 31.5 Å². The lowest BCUT2D eigenvalue weighted by molar-refractivity contribution is 0.869. The van der Waals surface area contributed by atoms with Crippen molar-refractivity contribution in [1.82, 2.24) is 4.98 Å². The number of thiophene rings is 1. The summed E-state index contributed by atoms with van der Waals surface area (Å²) in [6.45, 7) is 4.44. The molecular weight excluding hydrogens is 370 g/mol. The van der Waals surface area contributed by atoms with E-state index in [1.807, 2.05) is 47.7 Å². The lowest BCUT2D eigenvalue weighted by atomic mass is 10.00. The maximum Gasteiger partial charge on any atom is 0.0705 e. The Morgan fingerprint density at radius 1 is 0.828 bits per heavy atom. The summed E-state index contributed by atoms with van der Waals surface area (Å²) in [5.41, 5.74) is 4.41. The smallest absolute Gasteiger partial charge is 0.0705 e. The van der Waals surface area contributed by atoms with Gasteiger partial charge < -0.3 is 0 Å². The molecule has 0 saturated heterocycles. The van der Waals surface area contributed by atoms with E-state index >= 15 is 0 Å². The minimum Gasteiger partial charge on any atom is -0.256 e. The predicted molar refractivity (Wildman–Crippen MR) is 126 cm³/mol. The quantitative estimate of drug-likeness (QED) is 0.302. The van der Waals surface area contributed by atoms with E-state index in [9.17, 15) is 0 Å². The fourth-order valence-corrected chi connectivity index (χ4v) is 4.80. The van der Waals surface area contributed by atoms with E-state index in [0.717, 1.165) is 11.3 Å². The fraction of sp³-hybridized carbons (Fsp3) is 0.148. The normalized spacial score (nSPS) is 13.1. The Balaban J connectivity index is 1.59. The molecule has 0 saturated carbocycles. The summed E-state index contributed by atoms with van der Waals surface area (Å²) in [5, 5.41) is 2.49. The first-order chi connectivity index (χ1) is 14.9. The summed E-state index contributed by atoms with van der Waals surface area (Å²) in [5.74, 6) is 0.511. The number of hydrogen-bond donors (Lipinski definition) is 0. The monoisotopic (exact) mass is 395 g/mol. The van der Waals surface area contributed by atoms with Crippen molar-refractivity contribution in [3.8, 4) is 11.3 Å². The second kappa shape index (κ2) is 7.46. The molecule has 2 heterocycles. The number of fused-ring (bicyclic) bond motifs is 3. The zero-order valence-electron chi connectivity index (χ0n) is 18.5. The number of pyridine rings is 1. The van der Waals surface area contributed by atoms with Crippen molar-refractivity contribution in [3.63, 3.8) is 0 Å². The van der Waals surface area contributed by atoms with Crippen LogP contribution in [0.2, 0.25) is 0 Å². The van der Waals surface area contributed by atoms with Gasteiger partial charge in [0.25, 0.3) is 0 Å². The van der Waals surface area contributed by atoms with Gasteiger partial charge in [0.05, 0.1) is 5.69 Å². The van der Waals surface area contributed by atoms with E-state index in [4.69, 9.17) is 2.74 Å². The van der Waals surface area contributed by atoms with Crippen molar-refractivity contribution in [1.29, 1.82) is 0 Å². The Labute approximate surface area is 178 Å². The molecule has 2 aromatic heterocycles. The van der Waals surface area contributed by atoms with Crippen LogP contribution in [0.1, 0.15) is 39.2 Å². The minimum absolute atomic E-state index is 0.511. The van der Waals surface area contributed by atoms with Crippen LogP contribution in [-0.2, 0) is 6.37 Å². The van der Waals surface area contributed by atoms with E-state index in [1.54, 1.807) is 12.3 Å². The summed E-state index contributed by atoms with van der Waals surface area (Å²) in [6, 6.07) is 26.1. The van der Waals surface area contributed by atoms with Gasteiger partial charge in [-0.25, -0.2) is 0 Å². The molecule has 2 heteroatoms. The number of aromatic nitrogens is 1. The van der Waals surface area contributed by atoms with Crippen LogP contribution in [0.3, 0.4) is 0 Å². The Hall–Kier alpha value is -2.97. The molecule has 0 radical (unpaired) electrons. The van der Waals surface area contributed by atoms with Gasteiger partial charge in [-0.15, -0.1) is 11.3 Å². The zero-order valence-corrected chi connectivity index (χ0v) is 17.3. The fourth-order valence-electron chi connectivity index (χ4n) is 3.67. The molecule has 3 aromatic carbocycles. The Kier molecular flexibility index (Phi) is 4.09. The van der Waals surface area contributed by atoms with E-state index in [2.05, 4.69) is 55.2 Å². The van der Waals surface area contributed by atoms with Gasteiger partial charge >= 0.3 is 0 Å². The van der Waals surface area contributed by atoms with Crippen LogP contribution in [0, 0.1) is 0 Å². The first-order valence-electron chi connectivity index (χ1n) is 10.9. The predicted octanol–water partition coefficient (Wildman–Crippen LogP) is 7.83. The van der Waals surface area contributed by atoms with Gasteiger partial charge in [-0.05, 0) is 59.3 Å². The van der Waals surface area contributed by atoms with Crippen molar-refractivity contribution in [2.45, 2.75) is 26.1 Å². The molecule has 0 amide bonds. The molecule has 0 bridgehead atoms. The number of hydrogen-bond acceptors (Lipinski definition) is 2. The summed E-state index contributed by atoms with van der Waals surface area (Å²) in [6.07, 6.45) is 0.127. The molecule has 29 heavy (non-hydrogen) atoms. The van der Waals surface area contributed by atoms with Crippen molar-refractivity contribution in [2.75, 3.05) is 0 Å². The number of rotatable bonds is 4. The third-order valence-corrected chi connectivity index (χ3v) is 6.41. The van der Waals surface area contributed by atoms with Crippen LogP contribution in [0.4, 0.5) is 0 Å². The van der Waals surface area contributed by atoms with Crippen LogP contribution < -0.4 is 0 Å². The molecule has 0 N–H and O–H groups in total. The number of nitrogens with zero attached hydrogens (tertiary/aromatic N) is 1. The lowest BCUT2D eigenvalue weighted by Crippen LogP contribution is -1.91. The Morgan fingerprint density at radius 2 is 1.69 bits per heavy atom. The SMILES string of the molecule is [2H]C([2H])(c1ccccc1)c1ccnc(-c2ccc3sc4cc(C(C)C)ccc4c3c2)c1. The van der Waals surface area contributed by atoms with Gasteiger partial charge in [-0.1, -0.05) is 62.4 Å². The Bertz CT molecular complexity index is 1390. The molecule has 142 valence electrons. The third kappa shape index (κ3) is 3.56. The molecule has 0 spiro atoms. The molecule has 5 rings (SSSR count). The van der Waals surface area contributed by atoms with Crippen LogP contribution in [0.5, 0.6) is 0 Å². The zero-order chi connectivity index (χ0) is 21.6. The molecule has 0 aliphatic rings. The van der Waals surface area contributed by atoms with Gasteiger partial charge in [0.1, 0.15) is 0 Å². The average molecular weight is 396 g/mol. The molecule has 0 aliphatic carbocycles. The van der Waals surface area contributed by atoms with Gasteiger partial charge in [0.2, 0.25) is 0 Å². The first kappa shape index (κ1) is 15.9. The molecular formula is C27H23NS. The summed E-state index contributed by atoms with van der Waals surface area (Å²) < 4.78 is 19.9. The highest BCUT2D eigenvalue weighted by Gasteiger charge is 2.10. The second-order valence-corrected chi connectivity index (χ2v) is 8.73. The second-order valence-electron chi connectivity index (χ2n) is 7.64. The van der Waals surface area contributed by atoms with Crippen LogP contribution in [0.25, 0.3) is 31.4 Å². The minimum atomic E-state index is -1.58. The summed E-state index contributed by atoms with van der Waals surface area (Å²) in [4.78, 5) is 4.56. The van der Waals surface area contributed by atoms with Gasteiger partial charge in [-0.3, -0.25) is 4.98 Å². The summed E-state index contributed by atoms with van der Waals surface area (Å²) in [7, 11) is 0.